The van der Waals surface area contributed by atoms with Gasteiger partial charge in [0, 0.05) is 25.2 Å². The predicted octanol–water partition coefficient (Wildman–Crippen LogP) is 2.24. The number of fused-ring (bicyclic) bond motifs is 1. The number of benzene rings is 1. The van der Waals surface area contributed by atoms with Crippen LogP contribution in [-0.4, -0.2) is 26.4 Å². The fourth-order valence-electron chi connectivity index (χ4n) is 3.09. The molecule has 1 aliphatic heterocycles. The lowest BCUT2D eigenvalue weighted by molar-refractivity contribution is -0.0798. The highest BCUT2D eigenvalue weighted by atomic mass is 79.9. The average Bonchev–Trinajstić information content (AvgIpc) is 2.98. The van der Waals surface area contributed by atoms with Gasteiger partial charge in [0.05, 0.1) is 16.6 Å². The SMILES string of the molecule is Cn1c(=O)n(C)c2cc(C(O)C3(C)CCCO3)c(Br)cc21. The lowest BCUT2D eigenvalue weighted by Gasteiger charge is -2.30. The van der Waals surface area contributed by atoms with Gasteiger partial charge in [0.2, 0.25) is 0 Å². The number of aliphatic hydroxyl groups is 1. The molecule has 0 spiro atoms. The first kappa shape index (κ1) is 14.8. The van der Waals surface area contributed by atoms with E-state index in [0.29, 0.717) is 6.61 Å². The van der Waals surface area contributed by atoms with Crippen LogP contribution in [0, 0.1) is 0 Å². The lowest BCUT2D eigenvalue weighted by Crippen LogP contribution is -2.32. The first-order valence-electron chi connectivity index (χ1n) is 7.02. The molecule has 2 unspecified atom stereocenters. The lowest BCUT2D eigenvalue weighted by atomic mass is 9.90. The third-order valence-corrected chi connectivity index (χ3v) is 5.20. The van der Waals surface area contributed by atoms with Gasteiger partial charge in [-0.05, 0) is 37.5 Å². The Labute approximate surface area is 131 Å². The number of hydrogen-bond donors (Lipinski definition) is 1. The molecule has 0 radical (unpaired) electrons. The topological polar surface area (TPSA) is 56.4 Å². The molecule has 2 aromatic rings. The summed E-state index contributed by atoms with van der Waals surface area (Å²) in [4.78, 5) is 12.0. The third kappa shape index (κ3) is 2.17. The van der Waals surface area contributed by atoms with Crippen molar-refractivity contribution in [3.63, 3.8) is 0 Å². The van der Waals surface area contributed by atoms with E-state index in [1.807, 2.05) is 19.1 Å². The second-order valence-corrected chi connectivity index (χ2v) is 6.78. The number of rotatable bonds is 2. The first-order chi connectivity index (χ1) is 9.85. The standard InChI is InChI=1S/C15H19BrN2O3/c1-15(5-4-6-21-15)13(19)9-7-11-12(8-10(9)16)18(3)14(20)17(11)2/h7-8,13,19H,4-6H2,1-3H3. The number of hydrogen-bond acceptors (Lipinski definition) is 3. The van der Waals surface area contributed by atoms with E-state index >= 15 is 0 Å². The van der Waals surface area contributed by atoms with Gasteiger partial charge in [-0.25, -0.2) is 4.79 Å². The van der Waals surface area contributed by atoms with E-state index in [9.17, 15) is 9.90 Å². The highest BCUT2D eigenvalue weighted by molar-refractivity contribution is 9.10. The van der Waals surface area contributed by atoms with Crippen LogP contribution in [0.15, 0.2) is 21.4 Å². The molecule has 0 amide bonds. The van der Waals surface area contributed by atoms with Gasteiger partial charge in [-0.2, -0.15) is 0 Å². The number of ether oxygens (including phenoxy) is 1. The Hall–Kier alpha value is -1.11. The van der Waals surface area contributed by atoms with Crippen molar-refractivity contribution in [2.24, 2.45) is 14.1 Å². The van der Waals surface area contributed by atoms with Gasteiger partial charge in [-0.1, -0.05) is 15.9 Å². The molecule has 5 nitrogen and oxygen atoms in total. The second kappa shape index (κ2) is 4.97. The Morgan fingerprint density at radius 3 is 2.52 bits per heavy atom. The molecule has 1 N–H and O–H groups in total. The summed E-state index contributed by atoms with van der Waals surface area (Å²) in [5, 5.41) is 10.7. The van der Waals surface area contributed by atoms with Crippen molar-refractivity contribution in [2.45, 2.75) is 31.5 Å². The molecule has 3 rings (SSSR count). The van der Waals surface area contributed by atoms with Gasteiger partial charge < -0.3 is 9.84 Å². The summed E-state index contributed by atoms with van der Waals surface area (Å²) in [5.74, 6) is 0. The van der Waals surface area contributed by atoms with Gasteiger partial charge in [-0.3, -0.25) is 9.13 Å². The van der Waals surface area contributed by atoms with Crippen molar-refractivity contribution in [1.82, 2.24) is 9.13 Å². The molecule has 6 heteroatoms. The minimum absolute atomic E-state index is 0.0770. The third-order valence-electron chi connectivity index (χ3n) is 4.51. The molecular weight excluding hydrogens is 336 g/mol. The largest absolute Gasteiger partial charge is 0.385 e. The number of aromatic nitrogens is 2. The predicted molar refractivity (Wildman–Crippen MR) is 84.4 cm³/mol. The fraction of sp³-hybridized carbons (Fsp3) is 0.533. The maximum absolute atomic E-state index is 12.0. The van der Waals surface area contributed by atoms with E-state index in [1.54, 1.807) is 23.2 Å². The number of nitrogens with zero attached hydrogens (tertiary/aromatic N) is 2. The van der Waals surface area contributed by atoms with E-state index in [4.69, 9.17) is 4.74 Å². The molecular formula is C15H19BrN2O3. The summed E-state index contributed by atoms with van der Waals surface area (Å²) in [7, 11) is 3.48. The van der Waals surface area contributed by atoms with E-state index in [1.165, 1.54) is 0 Å². The van der Waals surface area contributed by atoms with Crippen molar-refractivity contribution >= 4 is 27.0 Å². The van der Waals surface area contributed by atoms with Crippen molar-refractivity contribution in [3.8, 4) is 0 Å². The van der Waals surface area contributed by atoms with Crippen LogP contribution < -0.4 is 5.69 Å². The molecule has 0 saturated carbocycles. The zero-order chi connectivity index (χ0) is 15.4. The normalized spacial score (nSPS) is 23.9. The zero-order valence-electron chi connectivity index (χ0n) is 12.4. The van der Waals surface area contributed by atoms with Crippen molar-refractivity contribution in [2.75, 3.05) is 6.61 Å². The zero-order valence-corrected chi connectivity index (χ0v) is 14.0. The van der Waals surface area contributed by atoms with Crippen LogP contribution >= 0.6 is 15.9 Å². The second-order valence-electron chi connectivity index (χ2n) is 5.93. The molecule has 1 aromatic carbocycles. The van der Waals surface area contributed by atoms with Gasteiger partial charge in [-0.15, -0.1) is 0 Å². The van der Waals surface area contributed by atoms with Crippen molar-refractivity contribution in [1.29, 1.82) is 0 Å². The smallest absolute Gasteiger partial charge is 0.328 e. The maximum atomic E-state index is 12.0. The molecule has 0 aliphatic carbocycles. The quantitative estimate of drug-likeness (QED) is 0.899. The summed E-state index contributed by atoms with van der Waals surface area (Å²) in [6.45, 7) is 2.61. The highest BCUT2D eigenvalue weighted by Crippen LogP contribution is 2.40. The minimum Gasteiger partial charge on any atom is -0.385 e. The fourth-order valence-corrected chi connectivity index (χ4v) is 3.64. The number of aryl methyl sites for hydroxylation is 2. The number of aliphatic hydroxyl groups excluding tert-OH is 1. The van der Waals surface area contributed by atoms with Gasteiger partial charge in [0.1, 0.15) is 6.10 Å². The van der Waals surface area contributed by atoms with Gasteiger partial charge in [0.25, 0.3) is 0 Å². The Morgan fingerprint density at radius 1 is 1.33 bits per heavy atom. The van der Waals surface area contributed by atoms with Gasteiger partial charge in [0.15, 0.2) is 0 Å². The number of halogens is 1. The summed E-state index contributed by atoms with van der Waals surface area (Å²) >= 11 is 3.52. The van der Waals surface area contributed by atoms with E-state index < -0.39 is 11.7 Å². The monoisotopic (exact) mass is 354 g/mol. The van der Waals surface area contributed by atoms with Crippen LogP contribution in [0.2, 0.25) is 0 Å². The Morgan fingerprint density at radius 2 is 1.95 bits per heavy atom. The Kier molecular flexibility index (Phi) is 3.50. The Balaban J connectivity index is 2.17. The Bertz CT molecular complexity index is 756. The van der Waals surface area contributed by atoms with Crippen LogP contribution in [0.3, 0.4) is 0 Å². The minimum atomic E-state index is -0.728. The molecule has 2 atom stereocenters. The average molecular weight is 355 g/mol. The van der Waals surface area contributed by atoms with E-state index in [-0.39, 0.29) is 5.69 Å². The van der Waals surface area contributed by atoms with Crippen LogP contribution in [0.25, 0.3) is 11.0 Å². The van der Waals surface area contributed by atoms with Crippen LogP contribution in [0.5, 0.6) is 0 Å². The van der Waals surface area contributed by atoms with Crippen LogP contribution in [-0.2, 0) is 18.8 Å². The summed E-state index contributed by atoms with van der Waals surface area (Å²) in [6.07, 6.45) is 1.05. The summed E-state index contributed by atoms with van der Waals surface area (Å²) < 4.78 is 9.72. The highest BCUT2D eigenvalue weighted by Gasteiger charge is 2.39. The van der Waals surface area contributed by atoms with Crippen molar-refractivity contribution in [3.05, 3.63) is 32.7 Å². The van der Waals surface area contributed by atoms with E-state index in [2.05, 4.69) is 15.9 Å². The molecule has 2 heterocycles. The van der Waals surface area contributed by atoms with Crippen LogP contribution in [0.1, 0.15) is 31.4 Å². The summed E-state index contributed by atoms with van der Waals surface area (Å²) in [6, 6.07) is 3.76. The molecule has 1 saturated heterocycles. The molecule has 1 aromatic heterocycles. The number of imidazole rings is 1. The summed E-state index contributed by atoms with van der Waals surface area (Å²) in [5.41, 5.74) is 1.76. The van der Waals surface area contributed by atoms with Crippen LogP contribution in [0.4, 0.5) is 0 Å². The van der Waals surface area contributed by atoms with E-state index in [0.717, 1.165) is 33.9 Å². The molecule has 0 bridgehead atoms. The first-order valence-corrected chi connectivity index (χ1v) is 7.81. The molecule has 1 aliphatic rings. The molecule has 1 fully saturated rings. The molecule has 114 valence electrons. The molecule has 21 heavy (non-hydrogen) atoms. The van der Waals surface area contributed by atoms with Crippen molar-refractivity contribution < 1.29 is 9.84 Å². The van der Waals surface area contributed by atoms with Gasteiger partial charge >= 0.3 is 5.69 Å². The maximum Gasteiger partial charge on any atom is 0.328 e.